The molecule has 28 heavy (non-hydrogen) atoms. The van der Waals surface area contributed by atoms with Crippen LogP contribution in [0.5, 0.6) is 11.5 Å². The molecule has 0 aliphatic heterocycles. The lowest BCUT2D eigenvalue weighted by Crippen LogP contribution is -2.14. The number of ether oxygens (including phenoxy) is 2. The molecule has 0 aliphatic carbocycles. The number of nitrogens with one attached hydrogen (secondary N) is 1. The number of nitrogens with zero attached hydrogens (tertiary/aromatic N) is 1. The van der Waals surface area contributed by atoms with Crippen molar-refractivity contribution >= 4 is 39.3 Å². The van der Waals surface area contributed by atoms with Gasteiger partial charge in [0.2, 0.25) is 10.0 Å². The van der Waals surface area contributed by atoms with E-state index in [0.717, 1.165) is 0 Å². The molecule has 0 saturated heterocycles. The zero-order valence-corrected chi connectivity index (χ0v) is 16.5. The first-order valence-corrected chi connectivity index (χ1v) is 9.59. The number of benzene rings is 2. The van der Waals surface area contributed by atoms with E-state index < -0.39 is 15.9 Å². The molecule has 0 fully saturated rings. The molecule has 0 spiro atoms. The fourth-order valence-electron chi connectivity index (χ4n) is 2.26. The Labute approximate surface area is 167 Å². The highest BCUT2D eigenvalue weighted by Crippen LogP contribution is 2.36. The van der Waals surface area contributed by atoms with Crippen LogP contribution in [0.2, 0.25) is 5.02 Å². The van der Waals surface area contributed by atoms with Crippen molar-refractivity contribution in [2.45, 2.75) is 4.90 Å². The van der Waals surface area contributed by atoms with Crippen molar-refractivity contribution in [3.8, 4) is 17.6 Å². The van der Waals surface area contributed by atoms with E-state index in [2.05, 4.69) is 5.32 Å². The normalized spacial score (nSPS) is 11.5. The third-order valence-electron chi connectivity index (χ3n) is 3.57. The summed E-state index contributed by atoms with van der Waals surface area (Å²) in [7, 11) is -0.963. The minimum atomic E-state index is -3.84. The number of nitrogens with two attached hydrogens (primary N) is 1. The molecule has 2 aromatic carbocycles. The molecule has 146 valence electrons. The highest BCUT2D eigenvalue weighted by molar-refractivity contribution is 7.89. The molecule has 0 unspecified atom stereocenters. The fraction of sp³-hybridized carbons (Fsp3) is 0.111. The van der Waals surface area contributed by atoms with Crippen LogP contribution in [0.1, 0.15) is 5.56 Å². The molecule has 8 nitrogen and oxygen atoms in total. The Morgan fingerprint density at radius 2 is 1.86 bits per heavy atom. The van der Waals surface area contributed by atoms with Gasteiger partial charge >= 0.3 is 0 Å². The molecular formula is C18H16ClN3O5S. The van der Waals surface area contributed by atoms with Crippen molar-refractivity contribution in [2.75, 3.05) is 19.5 Å². The van der Waals surface area contributed by atoms with E-state index in [-0.39, 0.29) is 15.5 Å². The Morgan fingerprint density at radius 3 is 2.36 bits per heavy atom. The maximum absolute atomic E-state index is 12.4. The average molecular weight is 422 g/mol. The van der Waals surface area contributed by atoms with Crippen LogP contribution < -0.4 is 19.9 Å². The molecular weight excluding hydrogens is 406 g/mol. The topological polar surface area (TPSA) is 132 Å². The molecule has 2 aromatic rings. The minimum Gasteiger partial charge on any atom is -0.493 e. The molecule has 1 amide bonds. The fourth-order valence-corrected chi connectivity index (χ4v) is 3.07. The Morgan fingerprint density at radius 1 is 1.21 bits per heavy atom. The lowest BCUT2D eigenvalue weighted by molar-refractivity contribution is -0.112. The smallest absolute Gasteiger partial charge is 0.266 e. The number of primary sulfonamides is 1. The summed E-state index contributed by atoms with van der Waals surface area (Å²) in [4.78, 5) is 12.3. The molecule has 2 rings (SSSR count). The summed E-state index contributed by atoms with van der Waals surface area (Å²) in [5.74, 6) is -0.00600. The average Bonchev–Trinajstić information content (AvgIpc) is 2.65. The molecule has 0 heterocycles. The van der Waals surface area contributed by atoms with Crippen LogP contribution in [0.3, 0.4) is 0 Å². The second-order valence-electron chi connectivity index (χ2n) is 5.43. The van der Waals surface area contributed by atoms with E-state index in [1.807, 2.05) is 6.07 Å². The number of amides is 1. The Hall–Kier alpha value is -3.06. The van der Waals surface area contributed by atoms with Crippen molar-refractivity contribution in [3.05, 3.63) is 52.6 Å². The van der Waals surface area contributed by atoms with Crippen molar-refractivity contribution in [2.24, 2.45) is 5.14 Å². The van der Waals surface area contributed by atoms with Gasteiger partial charge in [-0.1, -0.05) is 11.6 Å². The lowest BCUT2D eigenvalue weighted by Gasteiger charge is -2.10. The molecule has 0 radical (unpaired) electrons. The first kappa shape index (κ1) is 21.2. The largest absolute Gasteiger partial charge is 0.493 e. The molecule has 0 saturated carbocycles. The standard InChI is InChI=1S/C18H16ClN3O5S/c1-26-16-9-11(8-15(19)17(16)27-2)7-12(10-20)18(23)22-13-3-5-14(6-4-13)28(21,24)25/h3-9H,1-2H3,(H,22,23)(H2,21,24,25)/b12-7-. The van der Waals surface area contributed by atoms with Gasteiger partial charge in [-0.3, -0.25) is 4.79 Å². The zero-order chi connectivity index (χ0) is 20.9. The highest BCUT2D eigenvalue weighted by Gasteiger charge is 2.14. The molecule has 0 aliphatic rings. The monoisotopic (exact) mass is 421 g/mol. The quantitative estimate of drug-likeness (QED) is 0.544. The Bertz CT molecular complexity index is 1070. The maximum Gasteiger partial charge on any atom is 0.266 e. The van der Waals surface area contributed by atoms with Gasteiger partial charge in [-0.15, -0.1) is 0 Å². The molecule has 0 atom stereocenters. The van der Waals surface area contributed by atoms with Gasteiger partial charge in [0.25, 0.3) is 5.91 Å². The first-order valence-electron chi connectivity index (χ1n) is 7.67. The maximum atomic E-state index is 12.4. The summed E-state index contributed by atoms with van der Waals surface area (Å²) >= 11 is 6.12. The molecule has 0 aromatic heterocycles. The van der Waals surface area contributed by atoms with E-state index in [0.29, 0.717) is 22.7 Å². The Kier molecular flexibility index (Phi) is 6.64. The highest BCUT2D eigenvalue weighted by atomic mass is 35.5. The summed E-state index contributed by atoms with van der Waals surface area (Å²) in [5.41, 5.74) is 0.557. The van der Waals surface area contributed by atoms with Crippen molar-refractivity contribution in [1.29, 1.82) is 5.26 Å². The zero-order valence-electron chi connectivity index (χ0n) is 14.9. The number of hydrogen-bond acceptors (Lipinski definition) is 6. The van der Waals surface area contributed by atoms with Gasteiger partial charge in [0, 0.05) is 5.69 Å². The van der Waals surface area contributed by atoms with Crippen LogP contribution >= 0.6 is 11.6 Å². The van der Waals surface area contributed by atoms with Crippen LogP contribution in [-0.2, 0) is 14.8 Å². The van der Waals surface area contributed by atoms with Crippen molar-refractivity contribution < 1.29 is 22.7 Å². The number of nitriles is 1. The number of rotatable bonds is 6. The van der Waals surface area contributed by atoms with Gasteiger partial charge < -0.3 is 14.8 Å². The van der Waals surface area contributed by atoms with Crippen LogP contribution in [-0.4, -0.2) is 28.5 Å². The first-order chi connectivity index (χ1) is 13.2. The van der Waals surface area contributed by atoms with Crippen LogP contribution in [0.15, 0.2) is 46.9 Å². The van der Waals surface area contributed by atoms with Gasteiger partial charge in [-0.2, -0.15) is 5.26 Å². The van der Waals surface area contributed by atoms with E-state index >= 15 is 0 Å². The molecule has 0 bridgehead atoms. The van der Waals surface area contributed by atoms with Gasteiger partial charge in [-0.05, 0) is 48.0 Å². The van der Waals surface area contributed by atoms with Crippen molar-refractivity contribution in [3.63, 3.8) is 0 Å². The summed E-state index contributed by atoms with van der Waals surface area (Å²) < 4.78 is 32.8. The number of methoxy groups -OCH3 is 2. The summed E-state index contributed by atoms with van der Waals surface area (Å²) in [6.45, 7) is 0. The van der Waals surface area contributed by atoms with Crippen LogP contribution in [0.25, 0.3) is 6.08 Å². The second-order valence-corrected chi connectivity index (χ2v) is 7.40. The molecule has 3 N–H and O–H groups in total. The predicted molar refractivity (Wildman–Crippen MR) is 105 cm³/mol. The predicted octanol–water partition coefficient (Wildman–Crippen LogP) is 2.55. The summed E-state index contributed by atoms with van der Waals surface area (Å²) in [6.07, 6.45) is 1.34. The van der Waals surface area contributed by atoms with Gasteiger partial charge in [-0.25, -0.2) is 13.6 Å². The number of anilines is 1. The summed E-state index contributed by atoms with van der Waals surface area (Å²) in [5, 5.41) is 17.1. The van der Waals surface area contributed by atoms with Crippen molar-refractivity contribution in [1.82, 2.24) is 0 Å². The Balaban J connectivity index is 2.29. The third kappa shape index (κ3) is 5.01. The number of halogens is 1. The van der Waals surface area contributed by atoms with Crippen LogP contribution in [0.4, 0.5) is 5.69 Å². The third-order valence-corrected chi connectivity index (χ3v) is 4.78. The van der Waals surface area contributed by atoms with E-state index in [4.69, 9.17) is 26.2 Å². The number of carbonyl (C=O) groups excluding carboxylic acids is 1. The summed E-state index contributed by atoms with van der Waals surface area (Å²) in [6, 6.07) is 10.1. The van der Waals surface area contributed by atoms with Crippen LogP contribution in [0, 0.1) is 11.3 Å². The van der Waals surface area contributed by atoms with E-state index in [9.17, 15) is 18.5 Å². The lowest BCUT2D eigenvalue weighted by atomic mass is 10.1. The van der Waals surface area contributed by atoms with Gasteiger partial charge in [0.15, 0.2) is 11.5 Å². The number of hydrogen-bond donors (Lipinski definition) is 2. The number of carbonyl (C=O) groups is 1. The molecule has 10 heteroatoms. The second kappa shape index (κ2) is 8.75. The van der Waals surface area contributed by atoms with Gasteiger partial charge in [0.1, 0.15) is 11.6 Å². The minimum absolute atomic E-state index is 0.0958. The number of sulfonamides is 1. The SMILES string of the molecule is COc1cc(/C=C(/C#N)C(=O)Nc2ccc(S(N)(=O)=O)cc2)cc(Cl)c1OC. The van der Waals surface area contributed by atoms with E-state index in [1.54, 1.807) is 6.07 Å². The van der Waals surface area contributed by atoms with Gasteiger partial charge in [0.05, 0.1) is 24.1 Å². The van der Waals surface area contributed by atoms with E-state index in [1.165, 1.54) is 50.6 Å².